The number of anilines is 1. The minimum atomic E-state index is -0.428. The van der Waals surface area contributed by atoms with Gasteiger partial charge in [-0.1, -0.05) is 54.1 Å². The zero-order valence-electron chi connectivity index (χ0n) is 20.8. The third-order valence-corrected chi connectivity index (χ3v) is 8.11. The standard InChI is InChI=1S/C31H26ClNO4/c1-17-4-9-20(32)16-25(17)33-30(34)28-23-14-15-24(29(28)31(33)35)27(23)26(18-5-10-21(36-2)11-6-18)19-7-12-22(37-3)13-8-19/h4-16,23-24,28-29H,1-3H3/t23-,24-,28-,29-/m1/s1. The van der Waals surface area contributed by atoms with E-state index >= 15 is 0 Å². The highest BCUT2D eigenvalue weighted by atomic mass is 35.5. The number of nitrogens with zero attached hydrogens (tertiary/aromatic N) is 1. The Balaban J connectivity index is 1.48. The van der Waals surface area contributed by atoms with E-state index in [1.807, 2.05) is 61.5 Å². The number of hydrogen-bond acceptors (Lipinski definition) is 4. The van der Waals surface area contributed by atoms with Crippen LogP contribution in [0.15, 0.2) is 84.5 Å². The molecule has 2 amide bonds. The first kappa shape index (κ1) is 23.6. The summed E-state index contributed by atoms with van der Waals surface area (Å²) in [5, 5.41) is 0.501. The number of aryl methyl sites for hydroxylation is 1. The second kappa shape index (κ2) is 8.93. The van der Waals surface area contributed by atoms with E-state index in [0.717, 1.165) is 39.3 Å². The Kier molecular flexibility index (Phi) is 5.68. The van der Waals surface area contributed by atoms with Crippen LogP contribution in [-0.2, 0) is 9.59 Å². The molecule has 2 aliphatic carbocycles. The van der Waals surface area contributed by atoms with Crippen molar-refractivity contribution in [1.29, 1.82) is 0 Å². The van der Waals surface area contributed by atoms with Gasteiger partial charge < -0.3 is 9.47 Å². The predicted octanol–water partition coefficient (Wildman–Crippen LogP) is 6.09. The third-order valence-electron chi connectivity index (χ3n) is 7.87. The average Bonchev–Trinajstić information content (AvgIpc) is 3.55. The smallest absolute Gasteiger partial charge is 0.238 e. The van der Waals surface area contributed by atoms with Crippen molar-refractivity contribution in [3.8, 4) is 11.5 Å². The maximum absolute atomic E-state index is 13.8. The minimum absolute atomic E-state index is 0.154. The van der Waals surface area contributed by atoms with Gasteiger partial charge in [0.05, 0.1) is 31.7 Å². The van der Waals surface area contributed by atoms with Gasteiger partial charge in [-0.25, -0.2) is 4.90 Å². The van der Waals surface area contributed by atoms with Crippen LogP contribution in [0.2, 0.25) is 5.02 Å². The molecule has 4 atom stereocenters. The van der Waals surface area contributed by atoms with E-state index in [4.69, 9.17) is 21.1 Å². The Labute approximate surface area is 221 Å². The van der Waals surface area contributed by atoms with Crippen LogP contribution in [0.5, 0.6) is 11.5 Å². The highest BCUT2D eigenvalue weighted by molar-refractivity contribution is 6.31. The van der Waals surface area contributed by atoms with Crippen LogP contribution in [0.3, 0.4) is 0 Å². The summed E-state index contributed by atoms with van der Waals surface area (Å²) >= 11 is 6.24. The Hall–Kier alpha value is -3.83. The average molecular weight is 512 g/mol. The van der Waals surface area contributed by atoms with Gasteiger partial charge in [0.1, 0.15) is 11.5 Å². The first-order chi connectivity index (χ1) is 17.9. The highest BCUT2D eigenvalue weighted by Crippen LogP contribution is 2.59. The number of benzene rings is 3. The number of fused-ring (bicyclic) bond motifs is 5. The van der Waals surface area contributed by atoms with Crippen molar-refractivity contribution in [2.45, 2.75) is 6.92 Å². The normalized spacial score (nSPS) is 23.6. The molecule has 0 spiro atoms. The number of ether oxygens (including phenoxy) is 2. The van der Waals surface area contributed by atoms with Gasteiger partial charge in [0.15, 0.2) is 0 Å². The van der Waals surface area contributed by atoms with Gasteiger partial charge in [-0.3, -0.25) is 9.59 Å². The van der Waals surface area contributed by atoms with Gasteiger partial charge in [0.25, 0.3) is 0 Å². The molecule has 6 heteroatoms. The molecular weight excluding hydrogens is 486 g/mol. The number of methoxy groups -OCH3 is 2. The largest absolute Gasteiger partial charge is 0.497 e. The van der Waals surface area contributed by atoms with Crippen molar-refractivity contribution in [1.82, 2.24) is 0 Å². The zero-order chi connectivity index (χ0) is 25.8. The number of amides is 2. The molecule has 5 nitrogen and oxygen atoms in total. The molecule has 2 bridgehead atoms. The highest BCUT2D eigenvalue weighted by Gasteiger charge is 2.62. The lowest BCUT2D eigenvalue weighted by Gasteiger charge is -2.23. The number of carbonyl (C=O) groups excluding carboxylic acids is 2. The van der Waals surface area contributed by atoms with Crippen molar-refractivity contribution < 1.29 is 19.1 Å². The second-order valence-corrected chi connectivity index (χ2v) is 10.2. The van der Waals surface area contributed by atoms with Gasteiger partial charge in [-0.15, -0.1) is 0 Å². The molecule has 3 aliphatic rings. The van der Waals surface area contributed by atoms with E-state index < -0.39 is 11.8 Å². The van der Waals surface area contributed by atoms with Crippen LogP contribution in [0.4, 0.5) is 5.69 Å². The molecular formula is C31H26ClNO4. The summed E-state index contributed by atoms with van der Waals surface area (Å²) in [4.78, 5) is 29.0. The molecule has 1 aliphatic heterocycles. The number of allylic oxidation sites excluding steroid dienone is 3. The van der Waals surface area contributed by atoms with E-state index in [0.29, 0.717) is 10.7 Å². The zero-order valence-corrected chi connectivity index (χ0v) is 21.5. The summed E-state index contributed by atoms with van der Waals surface area (Å²) < 4.78 is 10.8. The molecule has 1 heterocycles. The lowest BCUT2D eigenvalue weighted by atomic mass is 9.85. The van der Waals surface area contributed by atoms with Crippen molar-refractivity contribution in [2.24, 2.45) is 23.7 Å². The Bertz CT molecular complexity index is 1390. The Morgan fingerprint density at radius 3 is 1.70 bits per heavy atom. The van der Waals surface area contributed by atoms with Crippen molar-refractivity contribution in [3.05, 3.63) is 106 Å². The number of imide groups is 1. The molecule has 3 aromatic rings. The van der Waals surface area contributed by atoms with E-state index in [9.17, 15) is 9.59 Å². The van der Waals surface area contributed by atoms with E-state index in [2.05, 4.69) is 12.2 Å². The molecule has 1 saturated heterocycles. The number of hydrogen-bond donors (Lipinski definition) is 0. The third kappa shape index (κ3) is 3.60. The maximum Gasteiger partial charge on any atom is 0.238 e. The van der Waals surface area contributed by atoms with Crippen LogP contribution in [0.1, 0.15) is 16.7 Å². The van der Waals surface area contributed by atoms with Crippen LogP contribution < -0.4 is 14.4 Å². The van der Waals surface area contributed by atoms with Gasteiger partial charge >= 0.3 is 0 Å². The maximum atomic E-state index is 13.8. The van der Waals surface area contributed by atoms with Crippen molar-refractivity contribution in [3.63, 3.8) is 0 Å². The molecule has 6 rings (SSSR count). The molecule has 0 unspecified atom stereocenters. The lowest BCUT2D eigenvalue weighted by Crippen LogP contribution is -2.33. The van der Waals surface area contributed by atoms with Gasteiger partial charge in [0.2, 0.25) is 11.8 Å². The summed E-state index contributed by atoms with van der Waals surface area (Å²) in [5.41, 5.74) is 5.62. The van der Waals surface area contributed by atoms with Crippen molar-refractivity contribution >= 4 is 34.7 Å². The molecule has 0 radical (unpaired) electrons. The van der Waals surface area contributed by atoms with Gasteiger partial charge in [-0.05, 0) is 71.2 Å². The molecule has 3 aromatic carbocycles. The summed E-state index contributed by atoms with van der Waals surface area (Å²) in [6, 6.07) is 21.2. The quantitative estimate of drug-likeness (QED) is 0.307. The van der Waals surface area contributed by atoms with E-state index in [1.165, 1.54) is 4.90 Å². The summed E-state index contributed by atoms with van der Waals surface area (Å²) in [6.45, 7) is 1.89. The fraction of sp³-hybridized carbons (Fsp3) is 0.226. The van der Waals surface area contributed by atoms with Gasteiger partial charge in [-0.2, -0.15) is 0 Å². The monoisotopic (exact) mass is 511 g/mol. The summed E-state index contributed by atoms with van der Waals surface area (Å²) in [7, 11) is 3.29. The fourth-order valence-electron chi connectivity index (χ4n) is 6.17. The predicted molar refractivity (Wildman–Crippen MR) is 144 cm³/mol. The Morgan fingerprint density at radius 2 is 1.24 bits per heavy atom. The molecule has 0 N–H and O–H groups in total. The SMILES string of the molecule is COc1ccc(C(=C2[C@H]3C=C[C@H]2[C@H]2C(=O)N(c4cc(Cl)ccc4C)C(=O)[C@@H]23)c2ccc(OC)cc2)cc1. The minimum Gasteiger partial charge on any atom is -0.497 e. The second-order valence-electron chi connectivity index (χ2n) is 9.72. The van der Waals surface area contributed by atoms with Crippen LogP contribution in [-0.4, -0.2) is 26.0 Å². The van der Waals surface area contributed by atoms with Crippen molar-refractivity contribution in [2.75, 3.05) is 19.1 Å². The molecule has 37 heavy (non-hydrogen) atoms. The van der Waals surface area contributed by atoms with Gasteiger partial charge in [0, 0.05) is 16.9 Å². The summed E-state index contributed by atoms with van der Waals surface area (Å²) in [6.07, 6.45) is 4.21. The molecule has 0 aromatic heterocycles. The molecule has 2 fully saturated rings. The number of rotatable bonds is 5. The van der Waals surface area contributed by atoms with Crippen LogP contribution in [0, 0.1) is 30.6 Å². The first-order valence-electron chi connectivity index (χ1n) is 12.3. The van der Waals surface area contributed by atoms with E-state index in [-0.39, 0.29) is 23.7 Å². The van der Waals surface area contributed by atoms with Crippen LogP contribution >= 0.6 is 11.6 Å². The number of carbonyl (C=O) groups is 2. The molecule has 1 saturated carbocycles. The lowest BCUT2D eigenvalue weighted by molar-refractivity contribution is -0.122. The Morgan fingerprint density at radius 1 is 0.757 bits per heavy atom. The molecule has 186 valence electrons. The fourth-order valence-corrected chi connectivity index (χ4v) is 6.34. The number of halogens is 1. The summed E-state index contributed by atoms with van der Waals surface area (Å²) in [5.74, 6) is 0.0577. The topological polar surface area (TPSA) is 55.8 Å². The van der Waals surface area contributed by atoms with Crippen LogP contribution in [0.25, 0.3) is 5.57 Å². The first-order valence-corrected chi connectivity index (χ1v) is 12.7. The van der Waals surface area contributed by atoms with E-state index in [1.54, 1.807) is 26.4 Å².